The van der Waals surface area contributed by atoms with E-state index in [4.69, 9.17) is 0 Å². The zero-order valence-electron chi connectivity index (χ0n) is 13.0. The van der Waals surface area contributed by atoms with Crippen LogP contribution in [0.1, 0.15) is 29.7 Å². The van der Waals surface area contributed by atoms with Gasteiger partial charge in [0, 0.05) is 4.90 Å². The molecular formula is C18H20FNOS. The smallest absolute Gasteiger partial charge is 0.230 e. The maximum absolute atomic E-state index is 12.9. The Labute approximate surface area is 135 Å². The van der Waals surface area contributed by atoms with E-state index in [9.17, 15) is 9.18 Å². The summed E-state index contributed by atoms with van der Waals surface area (Å²) in [5.41, 5.74) is 3.30. The second kappa shape index (κ2) is 7.45. The van der Waals surface area contributed by atoms with Crippen molar-refractivity contribution in [3.8, 4) is 0 Å². The van der Waals surface area contributed by atoms with Gasteiger partial charge in [0.2, 0.25) is 5.91 Å². The summed E-state index contributed by atoms with van der Waals surface area (Å²) in [6.45, 7) is 6.00. The minimum atomic E-state index is -0.271. The largest absolute Gasteiger partial charge is 0.349 e. The molecule has 0 aliphatic heterocycles. The zero-order valence-corrected chi connectivity index (χ0v) is 13.8. The van der Waals surface area contributed by atoms with Crippen LogP contribution in [-0.4, -0.2) is 11.7 Å². The predicted octanol–water partition coefficient (Wildman–Crippen LogP) is 4.41. The SMILES string of the molecule is Cc1ccc(SCC(=O)N[C@H](C)c2ccc(F)cc2)c(C)c1. The summed E-state index contributed by atoms with van der Waals surface area (Å²) in [6, 6.07) is 12.3. The van der Waals surface area contributed by atoms with Gasteiger partial charge >= 0.3 is 0 Å². The fourth-order valence-electron chi connectivity index (χ4n) is 2.22. The lowest BCUT2D eigenvalue weighted by molar-refractivity contribution is -0.119. The molecular weight excluding hydrogens is 297 g/mol. The minimum Gasteiger partial charge on any atom is -0.349 e. The molecule has 0 bridgehead atoms. The molecule has 2 nitrogen and oxygen atoms in total. The van der Waals surface area contributed by atoms with Crippen molar-refractivity contribution in [1.82, 2.24) is 5.32 Å². The molecule has 1 amide bonds. The fourth-order valence-corrected chi connectivity index (χ4v) is 3.04. The Morgan fingerprint density at radius 1 is 1.18 bits per heavy atom. The molecule has 0 heterocycles. The maximum atomic E-state index is 12.9. The number of carbonyl (C=O) groups is 1. The van der Waals surface area contributed by atoms with Crippen molar-refractivity contribution in [3.63, 3.8) is 0 Å². The van der Waals surface area contributed by atoms with Crippen molar-refractivity contribution in [2.45, 2.75) is 31.7 Å². The Kier molecular flexibility index (Phi) is 5.61. The number of aryl methyl sites for hydroxylation is 2. The molecule has 2 rings (SSSR count). The topological polar surface area (TPSA) is 29.1 Å². The highest BCUT2D eigenvalue weighted by Gasteiger charge is 2.10. The van der Waals surface area contributed by atoms with E-state index in [1.54, 1.807) is 12.1 Å². The van der Waals surface area contributed by atoms with Gasteiger partial charge in [-0.2, -0.15) is 0 Å². The van der Waals surface area contributed by atoms with E-state index in [1.165, 1.54) is 35.0 Å². The van der Waals surface area contributed by atoms with Crippen LogP contribution in [0.3, 0.4) is 0 Å². The average Bonchev–Trinajstić information content (AvgIpc) is 2.47. The van der Waals surface area contributed by atoms with Crippen LogP contribution in [0.5, 0.6) is 0 Å². The van der Waals surface area contributed by atoms with Gasteiger partial charge in [0.15, 0.2) is 0 Å². The number of carbonyl (C=O) groups excluding carboxylic acids is 1. The van der Waals surface area contributed by atoms with E-state index in [2.05, 4.69) is 18.3 Å². The summed E-state index contributed by atoms with van der Waals surface area (Å²) in [6.07, 6.45) is 0. The molecule has 2 aromatic rings. The Morgan fingerprint density at radius 3 is 2.50 bits per heavy atom. The highest BCUT2D eigenvalue weighted by atomic mass is 32.2. The van der Waals surface area contributed by atoms with Crippen molar-refractivity contribution in [1.29, 1.82) is 0 Å². The molecule has 0 saturated carbocycles. The molecule has 4 heteroatoms. The van der Waals surface area contributed by atoms with E-state index in [1.807, 2.05) is 26.0 Å². The Hall–Kier alpha value is -1.81. The number of hydrogen-bond donors (Lipinski definition) is 1. The lowest BCUT2D eigenvalue weighted by Gasteiger charge is -2.14. The van der Waals surface area contributed by atoms with Crippen LogP contribution < -0.4 is 5.32 Å². The van der Waals surface area contributed by atoms with Gasteiger partial charge in [-0.05, 0) is 50.1 Å². The molecule has 0 fully saturated rings. The second-order valence-corrected chi connectivity index (χ2v) is 6.42. The third kappa shape index (κ3) is 4.60. The molecule has 1 N–H and O–H groups in total. The van der Waals surface area contributed by atoms with Gasteiger partial charge < -0.3 is 5.32 Å². The average molecular weight is 317 g/mol. The van der Waals surface area contributed by atoms with Gasteiger partial charge in [0.1, 0.15) is 5.82 Å². The molecule has 2 aromatic carbocycles. The number of amides is 1. The van der Waals surface area contributed by atoms with Crippen LogP contribution in [0.4, 0.5) is 4.39 Å². The standard InChI is InChI=1S/C18H20FNOS/c1-12-4-9-17(13(2)10-12)22-11-18(21)20-14(3)15-5-7-16(19)8-6-15/h4-10,14H,11H2,1-3H3,(H,20,21)/t14-/m1/s1. The van der Waals surface area contributed by atoms with Crippen molar-refractivity contribution in [2.75, 3.05) is 5.75 Å². The highest BCUT2D eigenvalue weighted by Crippen LogP contribution is 2.23. The summed E-state index contributed by atoms with van der Waals surface area (Å²) in [5, 5.41) is 2.93. The number of nitrogens with one attached hydrogen (secondary N) is 1. The molecule has 0 aromatic heterocycles. The van der Waals surface area contributed by atoms with Crippen LogP contribution in [0.2, 0.25) is 0 Å². The molecule has 0 aliphatic rings. The first kappa shape index (κ1) is 16.6. The van der Waals surface area contributed by atoms with Crippen molar-refractivity contribution in [2.24, 2.45) is 0 Å². The van der Waals surface area contributed by atoms with Crippen LogP contribution in [0.15, 0.2) is 47.4 Å². The first-order valence-electron chi connectivity index (χ1n) is 7.20. The van der Waals surface area contributed by atoms with E-state index < -0.39 is 0 Å². The van der Waals surface area contributed by atoms with Crippen molar-refractivity contribution in [3.05, 3.63) is 65.0 Å². The third-order valence-corrected chi connectivity index (χ3v) is 4.61. The summed E-state index contributed by atoms with van der Waals surface area (Å²) in [7, 11) is 0. The molecule has 0 spiro atoms. The van der Waals surface area contributed by atoms with E-state index in [0.717, 1.165) is 10.5 Å². The van der Waals surface area contributed by atoms with E-state index in [-0.39, 0.29) is 17.8 Å². The lowest BCUT2D eigenvalue weighted by Crippen LogP contribution is -2.28. The van der Waals surface area contributed by atoms with Crippen LogP contribution >= 0.6 is 11.8 Å². The first-order chi connectivity index (χ1) is 10.5. The van der Waals surface area contributed by atoms with Gasteiger partial charge in [-0.25, -0.2) is 4.39 Å². The number of thioether (sulfide) groups is 1. The number of halogens is 1. The fraction of sp³-hybridized carbons (Fsp3) is 0.278. The Balaban J connectivity index is 1.88. The van der Waals surface area contributed by atoms with Crippen LogP contribution in [0.25, 0.3) is 0 Å². The summed E-state index contributed by atoms with van der Waals surface area (Å²) in [4.78, 5) is 13.2. The van der Waals surface area contributed by atoms with E-state index in [0.29, 0.717) is 5.75 Å². The molecule has 0 saturated heterocycles. The zero-order chi connectivity index (χ0) is 16.1. The summed E-state index contributed by atoms with van der Waals surface area (Å²) >= 11 is 1.53. The molecule has 1 atom stereocenters. The Morgan fingerprint density at radius 2 is 1.86 bits per heavy atom. The molecule has 0 unspecified atom stereocenters. The normalized spacial score (nSPS) is 12.0. The maximum Gasteiger partial charge on any atom is 0.230 e. The Bertz CT molecular complexity index is 655. The predicted molar refractivity (Wildman–Crippen MR) is 89.6 cm³/mol. The van der Waals surface area contributed by atoms with Gasteiger partial charge in [0.05, 0.1) is 11.8 Å². The number of benzene rings is 2. The summed E-state index contributed by atoms with van der Waals surface area (Å²) < 4.78 is 12.9. The lowest BCUT2D eigenvalue weighted by atomic mass is 10.1. The molecule has 22 heavy (non-hydrogen) atoms. The molecule has 116 valence electrons. The minimum absolute atomic E-state index is 0.0261. The van der Waals surface area contributed by atoms with Crippen molar-refractivity contribution < 1.29 is 9.18 Å². The quantitative estimate of drug-likeness (QED) is 0.828. The van der Waals surface area contributed by atoms with Gasteiger partial charge in [-0.1, -0.05) is 29.8 Å². The first-order valence-corrected chi connectivity index (χ1v) is 8.19. The van der Waals surface area contributed by atoms with Gasteiger partial charge in [0.25, 0.3) is 0 Å². The van der Waals surface area contributed by atoms with Crippen LogP contribution in [0, 0.1) is 19.7 Å². The highest BCUT2D eigenvalue weighted by molar-refractivity contribution is 8.00. The van der Waals surface area contributed by atoms with Crippen LogP contribution in [-0.2, 0) is 4.79 Å². The number of rotatable bonds is 5. The third-order valence-electron chi connectivity index (χ3n) is 3.44. The van der Waals surface area contributed by atoms with Gasteiger partial charge in [-0.3, -0.25) is 4.79 Å². The summed E-state index contributed by atoms with van der Waals surface area (Å²) in [5.74, 6) is 0.0737. The van der Waals surface area contributed by atoms with Crippen molar-refractivity contribution >= 4 is 17.7 Å². The number of hydrogen-bond acceptors (Lipinski definition) is 2. The monoisotopic (exact) mass is 317 g/mol. The van der Waals surface area contributed by atoms with E-state index >= 15 is 0 Å². The second-order valence-electron chi connectivity index (χ2n) is 5.40. The molecule has 0 radical (unpaired) electrons. The van der Waals surface area contributed by atoms with Gasteiger partial charge in [-0.15, -0.1) is 11.8 Å². The molecule has 0 aliphatic carbocycles.